The maximum Gasteiger partial charge on any atom is 0.339 e. The number of carbonyl (C=O) groups excluding carboxylic acids is 2. The molecular weight excluding hydrogens is 326 g/mol. The van der Waals surface area contributed by atoms with Crippen molar-refractivity contribution in [2.45, 2.75) is 0 Å². The summed E-state index contributed by atoms with van der Waals surface area (Å²) in [4.78, 5) is 26.4. The minimum Gasteiger partial charge on any atom is -0.465 e. The molecule has 0 aliphatic rings. The van der Waals surface area contributed by atoms with E-state index < -0.39 is 5.97 Å². The molecule has 4 nitrogen and oxygen atoms in total. The summed E-state index contributed by atoms with van der Waals surface area (Å²) in [7, 11) is 1.34. The molecule has 1 heterocycles. The van der Waals surface area contributed by atoms with Crippen molar-refractivity contribution < 1.29 is 14.3 Å². The molecule has 0 saturated carbocycles. The molecule has 0 radical (unpaired) electrons. The highest BCUT2D eigenvalue weighted by atomic mass is 16.5. The maximum atomic E-state index is 11.6. The smallest absolute Gasteiger partial charge is 0.339 e. The molecule has 2 aromatic carbocycles. The summed E-state index contributed by atoms with van der Waals surface area (Å²) < 4.78 is 4.72. The number of benzene rings is 2. The summed E-state index contributed by atoms with van der Waals surface area (Å²) >= 11 is 0. The number of aromatic nitrogens is 1. The Morgan fingerprint density at radius 1 is 0.923 bits per heavy atom. The van der Waals surface area contributed by atoms with Gasteiger partial charge in [-0.3, -0.25) is 9.78 Å². The van der Waals surface area contributed by atoms with Crippen molar-refractivity contribution in [3.63, 3.8) is 0 Å². The van der Waals surface area contributed by atoms with Crippen LogP contribution in [0.1, 0.15) is 31.8 Å². The van der Waals surface area contributed by atoms with E-state index in [0.29, 0.717) is 11.1 Å². The number of esters is 1. The van der Waals surface area contributed by atoms with Gasteiger partial charge in [0.2, 0.25) is 0 Å². The van der Waals surface area contributed by atoms with Crippen LogP contribution >= 0.6 is 0 Å². The Kier molecular flexibility index (Phi) is 5.21. The lowest BCUT2D eigenvalue weighted by atomic mass is 10.0. The quantitative estimate of drug-likeness (QED) is 0.414. The standard InChI is InChI=1S/C22H15NO3/c1-26-22(25)21-12-20(13-23-14-21)19-10-8-17(9-11-19)3-2-16-4-6-18(15-24)7-5-16/h4-15H,1H3. The first-order valence-corrected chi connectivity index (χ1v) is 7.90. The van der Waals surface area contributed by atoms with E-state index in [1.165, 1.54) is 13.3 Å². The number of methoxy groups -OCH3 is 1. The Morgan fingerprint density at radius 3 is 2.12 bits per heavy atom. The Balaban J connectivity index is 1.80. The van der Waals surface area contributed by atoms with Crippen molar-refractivity contribution in [3.05, 3.63) is 89.2 Å². The predicted molar refractivity (Wildman–Crippen MR) is 98.8 cm³/mol. The highest BCUT2D eigenvalue weighted by Crippen LogP contribution is 2.20. The van der Waals surface area contributed by atoms with Gasteiger partial charge < -0.3 is 4.74 Å². The van der Waals surface area contributed by atoms with Crippen LogP contribution in [0.4, 0.5) is 0 Å². The fourth-order valence-corrected chi connectivity index (χ4v) is 2.36. The number of nitrogens with zero attached hydrogens (tertiary/aromatic N) is 1. The predicted octanol–water partition coefficient (Wildman–Crippen LogP) is 3.75. The molecule has 0 aliphatic heterocycles. The molecule has 3 aromatic rings. The summed E-state index contributed by atoms with van der Waals surface area (Å²) in [5.41, 5.74) is 4.51. The van der Waals surface area contributed by atoms with Crippen LogP contribution in [-0.4, -0.2) is 24.3 Å². The van der Waals surface area contributed by atoms with Crippen molar-refractivity contribution in [1.82, 2.24) is 4.98 Å². The molecule has 26 heavy (non-hydrogen) atoms. The topological polar surface area (TPSA) is 56.3 Å². The van der Waals surface area contributed by atoms with E-state index in [0.717, 1.165) is 28.5 Å². The van der Waals surface area contributed by atoms with Crippen LogP contribution in [0, 0.1) is 11.8 Å². The van der Waals surface area contributed by atoms with Gasteiger partial charge in [-0.2, -0.15) is 0 Å². The van der Waals surface area contributed by atoms with Gasteiger partial charge in [0.05, 0.1) is 12.7 Å². The van der Waals surface area contributed by atoms with Crippen LogP contribution < -0.4 is 0 Å². The van der Waals surface area contributed by atoms with Crippen molar-refractivity contribution in [2.24, 2.45) is 0 Å². The molecule has 126 valence electrons. The van der Waals surface area contributed by atoms with Crippen LogP contribution in [0.25, 0.3) is 11.1 Å². The van der Waals surface area contributed by atoms with Gasteiger partial charge >= 0.3 is 5.97 Å². The molecule has 3 rings (SSSR count). The van der Waals surface area contributed by atoms with Gasteiger partial charge in [0.15, 0.2) is 0 Å². The van der Waals surface area contributed by atoms with E-state index >= 15 is 0 Å². The van der Waals surface area contributed by atoms with E-state index in [-0.39, 0.29) is 0 Å². The Morgan fingerprint density at radius 2 is 1.54 bits per heavy atom. The molecule has 0 bridgehead atoms. The molecule has 0 saturated heterocycles. The van der Waals surface area contributed by atoms with Gasteiger partial charge in [0.1, 0.15) is 6.29 Å². The number of carbonyl (C=O) groups is 2. The van der Waals surface area contributed by atoms with Gasteiger partial charge in [-0.05, 0) is 35.9 Å². The first-order valence-electron chi connectivity index (χ1n) is 7.90. The Labute approximate surface area is 151 Å². The zero-order valence-electron chi connectivity index (χ0n) is 14.1. The van der Waals surface area contributed by atoms with Crippen LogP contribution in [0.2, 0.25) is 0 Å². The van der Waals surface area contributed by atoms with Crippen LogP contribution in [0.3, 0.4) is 0 Å². The second kappa shape index (κ2) is 7.91. The maximum absolute atomic E-state index is 11.6. The van der Waals surface area contributed by atoms with Gasteiger partial charge in [-0.15, -0.1) is 0 Å². The van der Waals surface area contributed by atoms with E-state index in [1.807, 2.05) is 36.4 Å². The second-order valence-corrected chi connectivity index (χ2v) is 5.52. The van der Waals surface area contributed by atoms with E-state index in [1.54, 1.807) is 24.4 Å². The zero-order valence-corrected chi connectivity index (χ0v) is 14.1. The fraction of sp³-hybridized carbons (Fsp3) is 0.0455. The minimum absolute atomic E-state index is 0.410. The number of ether oxygens (including phenoxy) is 1. The number of aldehydes is 1. The van der Waals surface area contributed by atoms with Crippen molar-refractivity contribution in [3.8, 4) is 23.0 Å². The lowest BCUT2D eigenvalue weighted by molar-refractivity contribution is 0.0600. The van der Waals surface area contributed by atoms with Gasteiger partial charge in [0, 0.05) is 34.6 Å². The molecule has 0 aliphatic carbocycles. The summed E-state index contributed by atoms with van der Waals surface area (Å²) in [6.07, 6.45) is 3.98. The van der Waals surface area contributed by atoms with Crippen LogP contribution in [0.15, 0.2) is 67.0 Å². The molecule has 0 amide bonds. The van der Waals surface area contributed by atoms with Crippen molar-refractivity contribution in [2.75, 3.05) is 7.11 Å². The molecule has 0 fully saturated rings. The van der Waals surface area contributed by atoms with Crippen molar-refractivity contribution in [1.29, 1.82) is 0 Å². The average Bonchev–Trinajstić information content (AvgIpc) is 2.72. The van der Waals surface area contributed by atoms with E-state index in [9.17, 15) is 9.59 Å². The molecule has 0 unspecified atom stereocenters. The zero-order chi connectivity index (χ0) is 18.4. The third-order valence-corrected chi connectivity index (χ3v) is 3.78. The molecule has 0 spiro atoms. The first kappa shape index (κ1) is 17.1. The molecule has 0 N–H and O–H groups in total. The molecule has 4 heteroatoms. The van der Waals surface area contributed by atoms with Crippen LogP contribution in [0.5, 0.6) is 0 Å². The van der Waals surface area contributed by atoms with Gasteiger partial charge in [-0.25, -0.2) is 4.79 Å². The fourth-order valence-electron chi connectivity index (χ4n) is 2.36. The lowest BCUT2D eigenvalue weighted by Crippen LogP contribution is -2.01. The molecule has 0 atom stereocenters. The highest BCUT2D eigenvalue weighted by molar-refractivity contribution is 5.90. The van der Waals surface area contributed by atoms with E-state index in [4.69, 9.17) is 4.74 Å². The van der Waals surface area contributed by atoms with E-state index in [2.05, 4.69) is 16.8 Å². The first-order chi connectivity index (χ1) is 12.7. The average molecular weight is 341 g/mol. The normalized spacial score (nSPS) is 9.73. The third kappa shape index (κ3) is 4.03. The highest BCUT2D eigenvalue weighted by Gasteiger charge is 2.07. The number of rotatable bonds is 3. The minimum atomic E-state index is -0.414. The summed E-state index contributed by atoms with van der Waals surface area (Å²) in [6.45, 7) is 0. The van der Waals surface area contributed by atoms with Crippen molar-refractivity contribution >= 4 is 12.3 Å². The summed E-state index contributed by atoms with van der Waals surface area (Å²) in [5, 5.41) is 0. The summed E-state index contributed by atoms with van der Waals surface area (Å²) in [6, 6.07) is 16.5. The number of pyridine rings is 1. The third-order valence-electron chi connectivity index (χ3n) is 3.78. The number of hydrogen-bond donors (Lipinski definition) is 0. The molecule has 1 aromatic heterocycles. The number of hydrogen-bond acceptors (Lipinski definition) is 4. The largest absolute Gasteiger partial charge is 0.465 e. The lowest BCUT2D eigenvalue weighted by Gasteiger charge is -2.04. The summed E-state index contributed by atoms with van der Waals surface area (Å²) in [5.74, 6) is 5.74. The Hall–Kier alpha value is -3.71. The Bertz CT molecular complexity index is 994. The van der Waals surface area contributed by atoms with Crippen LogP contribution in [-0.2, 0) is 4.74 Å². The monoisotopic (exact) mass is 341 g/mol. The second-order valence-electron chi connectivity index (χ2n) is 5.52. The van der Waals surface area contributed by atoms with Gasteiger partial charge in [0.25, 0.3) is 0 Å². The molecular formula is C22H15NO3. The SMILES string of the molecule is COC(=O)c1cncc(-c2ccc(C#Cc3ccc(C=O)cc3)cc2)c1. The van der Waals surface area contributed by atoms with Gasteiger partial charge in [-0.1, -0.05) is 36.1 Å².